The van der Waals surface area contributed by atoms with E-state index in [0.717, 1.165) is 5.56 Å². The predicted octanol–water partition coefficient (Wildman–Crippen LogP) is 5.95. The van der Waals surface area contributed by atoms with Crippen molar-refractivity contribution in [2.24, 2.45) is 4.99 Å². The molecule has 6 rings (SSSR count). The summed E-state index contributed by atoms with van der Waals surface area (Å²) in [5.74, 6) is 2.59. The minimum absolute atomic E-state index is 0.0860. The molecule has 0 fully saturated rings. The summed E-state index contributed by atoms with van der Waals surface area (Å²) in [6.07, 6.45) is 1.64. The highest BCUT2D eigenvalue weighted by molar-refractivity contribution is 7.07. The molecule has 262 valence electrons. The molecule has 0 saturated heterocycles. The monoisotopic (exact) mass is 720 g/mol. The van der Waals surface area contributed by atoms with Crippen LogP contribution < -0.4 is 43.3 Å². The molecule has 0 spiro atoms. The van der Waals surface area contributed by atoms with Gasteiger partial charge in [0.1, 0.15) is 6.61 Å². The molecule has 2 aliphatic rings. The third-order valence-electron chi connectivity index (χ3n) is 7.83. The maximum atomic E-state index is 14.2. The van der Waals surface area contributed by atoms with Crippen LogP contribution in [0.3, 0.4) is 0 Å². The van der Waals surface area contributed by atoms with E-state index in [4.69, 9.17) is 44.8 Å². The van der Waals surface area contributed by atoms with Crippen molar-refractivity contribution in [1.82, 2.24) is 4.57 Å². The lowest BCUT2D eigenvalue weighted by atomic mass is 9.95. The maximum absolute atomic E-state index is 14.2. The lowest BCUT2D eigenvalue weighted by molar-refractivity contribution is -0.139. The normalized spacial score (nSPS) is 15.1. The number of carbonyl (C=O) groups excluding carboxylic acids is 1. The number of rotatable bonds is 12. The number of carbonyl (C=O) groups is 1. The zero-order valence-electron chi connectivity index (χ0n) is 28.5. The van der Waals surface area contributed by atoms with Crippen LogP contribution in [0.1, 0.15) is 57.4 Å². The minimum atomic E-state index is -0.830. The molecule has 1 aromatic heterocycles. The molecule has 0 bridgehead atoms. The van der Waals surface area contributed by atoms with Crippen LogP contribution in [0.15, 0.2) is 69.6 Å². The van der Waals surface area contributed by atoms with E-state index in [1.54, 1.807) is 51.3 Å². The highest BCUT2D eigenvalue weighted by atomic mass is 35.5. The minimum Gasteiger partial charge on any atom is -0.493 e. The van der Waals surface area contributed by atoms with Crippen molar-refractivity contribution in [1.29, 1.82) is 0 Å². The van der Waals surface area contributed by atoms with Crippen molar-refractivity contribution in [3.05, 3.63) is 101 Å². The highest BCUT2D eigenvalue weighted by Gasteiger charge is 2.34. The molecular weight excluding hydrogens is 684 g/mol. The fourth-order valence-corrected chi connectivity index (χ4v) is 7.04. The standard InChI is InChI=1S/C37H37ClN2O9S/c1-7-44-30-15-23(13-25(38)34(30)46-18-22-9-11-26-29(14-22)48-19-47-26)16-31-35(41)40-33(24-10-12-27(49-20(3)4)28(17-24)43-6)32(36(42)45-8-2)21(5)39-37(40)50-31/h9-17,20,33H,7-8,18-19H2,1-6H3/b31-16-/t33-/m0/s1. The van der Waals surface area contributed by atoms with Crippen LogP contribution in [-0.2, 0) is 16.1 Å². The van der Waals surface area contributed by atoms with Crippen LogP contribution in [0.4, 0.5) is 0 Å². The van der Waals surface area contributed by atoms with Crippen molar-refractivity contribution in [3.63, 3.8) is 0 Å². The van der Waals surface area contributed by atoms with Crippen LogP contribution >= 0.6 is 22.9 Å². The molecule has 3 heterocycles. The first-order valence-corrected chi connectivity index (χ1v) is 17.3. The van der Waals surface area contributed by atoms with Gasteiger partial charge < -0.3 is 33.2 Å². The molecule has 11 nitrogen and oxygen atoms in total. The van der Waals surface area contributed by atoms with Crippen molar-refractivity contribution in [2.75, 3.05) is 27.1 Å². The van der Waals surface area contributed by atoms with Gasteiger partial charge in [-0.25, -0.2) is 9.79 Å². The van der Waals surface area contributed by atoms with Gasteiger partial charge in [0, 0.05) is 0 Å². The number of esters is 1. The lowest BCUT2D eigenvalue weighted by Crippen LogP contribution is -2.40. The Hall–Kier alpha value is -4.94. The van der Waals surface area contributed by atoms with Crippen LogP contribution in [0.2, 0.25) is 5.02 Å². The zero-order chi connectivity index (χ0) is 35.5. The summed E-state index contributed by atoms with van der Waals surface area (Å²) in [7, 11) is 1.54. The fourth-order valence-electron chi connectivity index (χ4n) is 5.72. The Morgan fingerprint density at radius 2 is 1.84 bits per heavy atom. The molecule has 0 aliphatic carbocycles. The summed E-state index contributed by atoms with van der Waals surface area (Å²) in [6, 6.07) is 13.6. The molecule has 0 N–H and O–H groups in total. The van der Waals surface area contributed by atoms with Crippen molar-refractivity contribution >= 4 is 35.0 Å². The number of hydrogen-bond donors (Lipinski definition) is 0. The van der Waals surface area contributed by atoms with Gasteiger partial charge in [0.15, 0.2) is 39.3 Å². The van der Waals surface area contributed by atoms with Crippen LogP contribution in [-0.4, -0.2) is 43.8 Å². The molecule has 0 saturated carbocycles. The van der Waals surface area contributed by atoms with Crippen molar-refractivity contribution in [2.45, 2.75) is 53.4 Å². The second-order valence-corrected chi connectivity index (χ2v) is 13.0. The number of benzene rings is 3. The highest BCUT2D eigenvalue weighted by Crippen LogP contribution is 2.39. The van der Waals surface area contributed by atoms with E-state index in [1.165, 1.54) is 15.9 Å². The van der Waals surface area contributed by atoms with E-state index in [2.05, 4.69) is 4.99 Å². The van der Waals surface area contributed by atoms with E-state index < -0.39 is 12.0 Å². The molecule has 4 aromatic rings. The Balaban J connectivity index is 1.40. The van der Waals surface area contributed by atoms with Gasteiger partial charge in [-0.1, -0.05) is 35.1 Å². The number of methoxy groups -OCH3 is 1. The Morgan fingerprint density at radius 3 is 2.58 bits per heavy atom. The van der Waals surface area contributed by atoms with Crippen molar-refractivity contribution in [3.8, 4) is 34.5 Å². The van der Waals surface area contributed by atoms with Crippen LogP contribution in [0.5, 0.6) is 34.5 Å². The van der Waals surface area contributed by atoms with E-state index in [0.29, 0.717) is 72.3 Å². The number of nitrogens with zero attached hydrogens (tertiary/aromatic N) is 2. The topological polar surface area (TPSA) is 116 Å². The van der Waals surface area contributed by atoms with Gasteiger partial charge in [0.2, 0.25) is 6.79 Å². The number of thiazole rings is 1. The average molecular weight is 721 g/mol. The lowest BCUT2D eigenvalue weighted by Gasteiger charge is -2.25. The third kappa shape index (κ3) is 7.03. The van der Waals surface area contributed by atoms with Gasteiger partial charge in [0.25, 0.3) is 5.56 Å². The molecule has 2 aliphatic heterocycles. The Bertz CT molecular complexity index is 2150. The summed E-state index contributed by atoms with van der Waals surface area (Å²) < 4.78 is 41.8. The van der Waals surface area contributed by atoms with E-state index in [-0.39, 0.29) is 37.2 Å². The summed E-state index contributed by atoms with van der Waals surface area (Å²) in [5.41, 5.74) is 2.49. The second kappa shape index (κ2) is 14.9. The van der Waals surface area contributed by atoms with Gasteiger partial charge in [-0.05, 0) is 93.8 Å². The number of allylic oxidation sites excluding steroid dienone is 1. The van der Waals surface area contributed by atoms with Gasteiger partial charge >= 0.3 is 5.97 Å². The number of ether oxygens (including phenoxy) is 7. The first-order chi connectivity index (χ1) is 24.1. The number of fused-ring (bicyclic) bond motifs is 2. The van der Waals surface area contributed by atoms with Crippen molar-refractivity contribution < 1.29 is 38.0 Å². The van der Waals surface area contributed by atoms with Gasteiger partial charge in [-0.15, -0.1) is 0 Å². The second-order valence-electron chi connectivity index (χ2n) is 11.6. The largest absolute Gasteiger partial charge is 0.493 e. The SMILES string of the molecule is CCOC(=O)C1=C(C)N=c2s/c(=C\c3cc(Cl)c(OCc4ccc5c(c4)OCO5)c(OCC)c3)c(=O)n2[C@H]1c1ccc(OC(C)C)c(OC)c1. The maximum Gasteiger partial charge on any atom is 0.338 e. The number of aromatic nitrogens is 1. The summed E-state index contributed by atoms with van der Waals surface area (Å²) in [5, 5.41) is 0.310. The van der Waals surface area contributed by atoms with Crippen LogP contribution in [0.25, 0.3) is 6.08 Å². The van der Waals surface area contributed by atoms with Gasteiger partial charge in [-0.2, -0.15) is 0 Å². The molecular formula is C37H37ClN2O9S. The fraction of sp³-hybridized carbons (Fsp3) is 0.324. The third-order valence-corrected chi connectivity index (χ3v) is 9.10. The van der Waals surface area contributed by atoms with Gasteiger partial charge in [-0.3, -0.25) is 9.36 Å². The summed E-state index contributed by atoms with van der Waals surface area (Å²) in [6.45, 7) is 10.1. The molecule has 0 unspecified atom stereocenters. The summed E-state index contributed by atoms with van der Waals surface area (Å²) >= 11 is 7.97. The predicted molar refractivity (Wildman–Crippen MR) is 189 cm³/mol. The molecule has 50 heavy (non-hydrogen) atoms. The van der Waals surface area contributed by atoms with E-state index >= 15 is 0 Å². The quantitative estimate of drug-likeness (QED) is 0.164. The zero-order valence-corrected chi connectivity index (χ0v) is 30.1. The first-order valence-electron chi connectivity index (χ1n) is 16.1. The van der Waals surface area contributed by atoms with E-state index in [9.17, 15) is 9.59 Å². The first kappa shape index (κ1) is 34.9. The number of hydrogen-bond acceptors (Lipinski definition) is 11. The summed E-state index contributed by atoms with van der Waals surface area (Å²) in [4.78, 5) is 32.7. The Kier molecular flexibility index (Phi) is 10.4. The molecule has 1 atom stereocenters. The van der Waals surface area contributed by atoms with E-state index in [1.807, 2.05) is 45.0 Å². The molecule has 13 heteroatoms. The smallest absolute Gasteiger partial charge is 0.338 e. The van der Waals surface area contributed by atoms with Gasteiger partial charge in [0.05, 0.1) is 53.3 Å². The molecule has 0 radical (unpaired) electrons. The molecule has 3 aromatic carbocycles. The van der Waals surface area contributed by atoms with Crippen LogP contribution in [0, 0.1) is 0 Å². The number of halogens is 1. The average Bonchev–Trinajstić information content (AvgIpc) is 3.67. The Labute approximate surface area is 297 Å². The Morgan fingerprint density at radius 1 is 1.04 bits per heavy atom. The molecule has 0 amide bonds.